The number of oxazole rings is 1. The lowest BCUT2D eigenvalue weighted by atomic mass is 9.94. The molecule has 0 aliphatic rings. The first-order chi connectivity index (χ1) is 12.9. The van der Waals surface area contributed by atoms with E-state index in [9.17, 15) is 4.39 Å². The highest BCUT2D eigenvalue weighted by molar-refractivity contribution is 5.79. The van der Waals surface area contributed by atoms with E-state index in [1.54, 1.807) is 25.4 Å². The van der Waals surface area contributed by atoms with Crippen LogP contribution in [0.3, 0.4) is 0 Å². The molecule has 0 unspecified atom stereocenters. The minimum absolute atomic E-state index is 0.0544. The largest absolute Gasteiger partial charge is 0.494 e. The second-order valence-corrected chi connectivity index (χ2v) is 7.23. The molecule has 0 aliphatic heterocycles. The maximum atomic E-state index is 12.8. The molecule has 0 saturated carbocycles. The van der Waals surface area contributed by atoms with Crippen LogP contribution in [0.5, 0.6) is 5.75 Å². The summed E-state index contributed by atoms with van der Waals surface area (Å²) >= 11 is 0. The molecule has 2 rings (SSSR count). The van der Waals surface area contributed by atoms with Crippen molar-refractivity contribution < 1.29 is 13.5 Å². The molecule has 0 amide bonds. The summed E-state index contributed by atoms with van der Waals surface area (Å²) in [5.74, 6) is 2.62. The van der Waals surface area contributed by atoms with Crippen molar-refractivity contribution in [1.82, 2.24) is 15.6 Å². The predicted octanol–water partition coefficient (Wildman–Crippen LogP) is 3.64. The number of unbranched alkanes of at least 4 members (excludes halogenated alkanes) is 1. The van der Waals surface area contributed by atoms with Crippen molar-refractivity contribution in [2.45, 2.75) is 45.6 Å². The molecule has 27 heavy (non-hydrogen) atoms. The summed E-state index contributed by atoms with van der Waals surface area (Å²) in [7, 11) is 1.73. The van der Waals surface area contributed by atoms with E-state index in [2.05, 4.69) is 41.4 Å². The molecule has 0 atom stereocenters. The number of hydrogen-bond donors (Lipinski definition) is 2. The molecule has 2 N–H and O–H groups in total. The van der Waals surface area contributed by atoms with E-state index in [0.29, 0.717) is 30.8 Å². The number of rotatable bonds is 8. The Morgan fingerprint density at radius 2 is 1.93 bits per heavy atom. The number of ether oxygens (including phenoxy) is 1. The first kappa shape index (κ1) is 20.7. The Labute approximate surface area is 160 Å². The van der Waals surface area contributed by atoms with Gasteiger partial charge in [-0.15, -0.1) is 0 Å². The van der Waals surface area contributed by atoms with Crippen molar-refractivity contribution in [2.24, 2.45) is 4.99 Å². The zero-order chi connectivity index (χ0) is 19.7. The smallest absolute Gasteiger partial charge is 0.213 e. The number of guanidine groups is 1. The summed E-state index contributed by atoms with van der Waals surface area (Å²) in [4.78, 5) is 8.48. The van der Waals surface area contributed by atoms with E-state index in [4.69, 9.17) is 9.15 Å². The van der Waals surface area contributed by atoms with Gasteiger partial charge in [-0.1, -0.05) is 20.8 Å². The molecule has 2 aromatic rings. The van der Waals surface area contributed by atoms with Gasteiger partial charge in [0.25, 0.3) is 0 Å². The van der Waals surface area contributed by atoms with E-state index in [1.807, 2.05) is 0 Å². The fourth-order valence-corrected chi connectivity index (χ4v) is 2.27. The van der Waals surface area contributed by atoms with Gasteiger partial charge in [0, 0.05) is 19.0 Å². The molecule has 6 nitrogen and oxygen atoms in total. The Balaban J connectivity index is 1.61. The lowest BCUT2D eigenvalue weighted by Gasteiger charge is -2.13. The van der Waals surface area contributed by atoms with Crippen LogP contribution >= 0.6 is 0 Å². The maximum absolute atomic E-state index is 12.8. The number of halogens is 1. The summed E-state index contributed by atoms with van der Waals surface area (Å²) in [6, 6.07) is 6.05. The molecule has 0 radical (unpaired) electrons. The Kier molecular flexibility index (Phi) is 7.64. The second kappa shape index (κ2) is 9.94. The topological polar surface area (TPSA) is 71.7 Å². The predicted molar refractivity (Wildman–Crippen MR) is 105 cm³/mol. The van der Waals surface area contributed by atoms with Gasteiger partial charge in [-0.2, -0.15) is 0 Å². The van der Waals surface area contributed by atoms with Gasteiger partial charge in [-0.3, -0.25) is 4.99 Å². The quantitative estimate of drug-likeness (QED) is 0.418. The van der Waals surface area contributed by atoms with Gasteiger partial charge in [0.15, 0.2) is 5.96 Å². The summed E-state index contributed by atoms with van der Waals surface area (Å²) in [6.07, 6.45) is 3.58. The number of aliphatic imine (C=N–C) groups is 1. The molecule has 0 spiro atoms. The van der Waals surface area contributed by atoms with E-state index in [1.165, 1.54) is 12.1 Å². The van der Waals surface area contributed by atoms with Crippen molar-refractivity contribution in [3.05, 3.63) is 47.9 Å². The van der Waals surface area contributed by atoms with Gasteiger partial charge >= 0.3 is 0 Å². The van der Waals surface area contributed by atoms with Crippen LogP contribution < -0.4 is 15.4 Å². The molecular weight excluding hydrogens is 347 g/mol. The van der Waals surface area contributed by atoms with Crippen LogP contribution in [0.15, 0.2) is 39.9 Å². The van der Waals surface area contributed by atoms with Crippen molar-refractivity contribution in [2.75, 3.05) is 20.2 Å². The Bertz CT molecular complexity index is 720. The number of nitrogens with zero attached hydrogens (tertiary/aromatic N) is 2. The van der Waals surface area contributed by atoms with Crippen LogP contribution in [-0.4, -0.2) is 31.1 Å². The average molecular weight is 376 g/mol. The highest BCUT2D eigenvalue weighted by Crippen LogP contribution is 2.22. The van der Waals surface area contributed by atoms with Gasteiger partial charge in [0.1, 0.15) is 17.3 Å². The van der Waals surface area contributed by atoms with Crippen LogP contribution in [-0.2, 0) is 12.0 Å². The molecule has 0 fully saturated rings. The SMILES string of the molecule is CN=C(NCCCCOc1ccc(F)cc1)NCc1ncc(C(C)(C)C)o1. The molecule has 7 heteroatoms. The van der Waals surface area contributed by atoms with Crippen LogP contribution in [0.2, 0.25) is 0 Å². The maximum Gasteiger partial charge on any atom is 0.213 e. The van der Waals surface area contributed by atoms with E-state index < -0.39 is 0 Å². The number of benzene rings is 1. The Hall–Kier alpha value is -2.57. The van der Waals surface area contributed by atoms with Gasteiger partial charge < -0.3 is 19.8 Å². The van der Waals surface area contributed by atoms with Gasteiger partial charge in [-0.05, 0) is 37.1 Å². The lowest BCUT2D eigenvalue weighted by molar-refractivity contribution is 0.306. The Morgan fingerprint density at radius 3 is 2.56 bits per heavy atom. The fraction of sp³-hybridized carbons (Fsp3) is 0.500. The van der Waals surface area contributed by atoms with Crippen LogP contribution in [0.1, 0.15) is 45.3 Å². The van der Waals surface area contributed by atoms with Gasteiger partial charge in [0.2, 0.25) is 5.89 Å². The minimum Gasteiger partial charge on any atom is -0.494 e. The van der Waals surface area contributed by atoms with E-state index >= 15 is 0 Å². The third kappa shape index (κ3) is 7.29. The molecule has 1 aromatic carbocycles. The third-order valence-corrected chi connectivity index (χ3v) is 3.87. The summed E-state index contributed by atoms with van der Waals surface area (Å²) in [5.41, 5.74) is -0.0544. The second-order valence-electron chi connectivity index (χ2n) is 7.23. The molecule has 1 heterocycles. The van der Waals surface area contributed by atoms with Crippen LogP contribution in [0, 0.1) is 5.82 Å². The van der Waals surface area contributed by atoms with Gasteiger partial charge in [0.05, 0.1) is 19.3 Å². The van der Waals surface area contributed by atoms with Crippen molar-refractivity contribution >= 4 is 5.96 Å². The normalized spacial score (nSPS) is 12.1. The first-order valence-electron chi connectivity index (χ1n) is 9.16. The standard InChI is InChI=1S/C20H29FN4O2/c1-20(2,3)17-13-24-18(27-17)14-25-19(22-4)23-11-5-6-12-26-16-9-7-15(21)8-10-16/h7-10,13H,5-6,11-12,14H2,1-4H3,(H2,22,23,25). The number of nitrogens with one attached hydrogen (secondary N) is 2. The molecule has 0 bridgehead atoms. The monoisotopic (exact) mass is 376 g/mol. The fourth-order valence-electron chi connectivity index (χ4n) is 2.27. The third-order valence-electron chi connectivity index (χ3n) is 3.87. The van der Waals surface area contributed by atoms with E-state index in [-0.39, 0.29) is 11.2 Å². The molecule has 0 aliphatic carbocycles. The highest BCUT2D eigenvalue weighted by atomic mass is 19.1. The number of hydrogen-bond acceptors (Lipinski definition) is 4. The summed E-state index contributed by atoms with van der Waals surface area (Å²) in [6.45, 7) is 8.10. The van der Waals surface area contributed by atoms with E-state index in [0.717, 1.165) is 25.1 Å². The molecular formula is C20H29FN4O2. The van der Waals surface area contributed by atoms with Gasteiger partial charge in [-0.25, -0.2) is 9.37 Å². The number of aromatic nitrogens is 1. The molecule has 1 aromatic heterocycles. The van der Waals surface area contributed by atoms with Crippen molar-refractivity contribution in [3.8, 4) is 5.75 Å². The van der Waals surface area contributed by atoms with Crippen molar-refractivity contribution in [1.29, 1.82) is 0 Å². The first-order valence-corrected chi connectivity index (χ1v) is 9.16. The van der Waals surface area contributed by atoms with Crippen molar-refractivity contribution in [3.63, 3.8) is 0 Å². The van der Waals surface area contributed by atoms with Crippen LogP contribution in [0.25, 0.3) is 0 Å². The summed E-state index contributed by atoms with van der Waals surface area (Å²) < 4.78 is 24.1. The van der Waals surface area contributed by atoms with Crippen LogP contribution in [0.4, 0.5) is 4.39 Å². The average Bonchev–Trinajstić information content (AvgIpc) is 3.11. The summed E-state index contributed by atoms with van der Waals surface area (Å²) in [5, 5.41) is 6.44. The zero-order valence-electron chi connectivity index (χ0n) is 16.5. The minimum atomic E-state index is -0.259. The molecule has 148 valence electrons. The highest BCUT2D eigenvalue weighted by Gasteiger charge is 2.19. The Morgan fingerprint density at radius 1 is 1.19 bits per heavy atom. The lowest BCUT2D eigenvalue weighted by Crippen LogP contribution is -2.37. The zero-order valence-corrected chi connectivity index (χ0v) is 16.5. The molecule has 0 saturated heterocycles.